The molecule has 1 rings (SSSR count). The second-order valence-electron chi connectivity index (χ2n) is 2.10. The molecule has 3 heteroatoms. The van der Waals surface area contributed by atoms with Gasteiger partial charge in [-0.05, 0) is 0 Å². The molecule has 0 saturated carbocycles. The summed E-state index contributed by atoms with van der Waals surface area (Å²) >= 11 is 0. The molecule has 0 spiro atoms. The van der Waals surface area contributed by atoms with Crippen molar-refractivity contribution >= 4 is 5.91 Å². The summed E-state index contributed by atoms with van der Waals surface area (Å²) in [6, 6.07) is 0. The van der Waals surface area contributed by atoms with Crippen LogP contribution in [0.25, 0.3) is 0 Å². The number of carbonyl (C=O) groups excluding carboxylic acids is 1. The van der Waals surface area contributed by atoms with Crippen LogP contribution in [-0.2, 0) is 4.79 Å². The van der Waals surface area contributed by atoms with Crippen molar-refractivity contribution in [3.63, 3.8) is 0 Å². The first kappa shape index (κ1) is 5.56. The monoisotopic (exact) mass is 115 g/mol. The highest BCUT2D eigenvalue weighted by Crippen LogP contribution is 2.07. The summed E-state index contributed by atoms with van der Waals surface area (Å²) in [5.74, 6) is -0.257. The number of aliphatic hydroxyl groups excluding tert-OH is 1. The van der Waals surface area contributed by atoms with E-state index in [9.17, 15) is 4.79 Å². The molecule has 3 nitrogen and oxygen atoms in total. The SMILES string of the molecule is C[C@@H]1C(=O)NC[C@H]1O. The molecule has 8 heavy (non-hydrogen) atoms. The molecule has 0 aromatic carbocycles. The van der Waals surface area contributed by atoms with E-state index in [-0.39, 0.29) is 11.8 Å². The van der Waals surface area contributed by atoms with Crippen molar-refractivity contribution < 1.29 is 9.90 Å². The average molecular weight is 115 g/mol. The van der Waals surface area contributed by atoms with E-state index < -0.39 is 6.10 Å². The quantitative estimate of drug-likeness (QED) is 0.430. The molecular weight excluding hydrogens is 106 g/mol. The van der Waals surface area contributed by atoms with Crippen molar-refractivity contribution in [2.45, 2.75) is 13.0 Å². The minimum Gasteiger partial charge on any atom is -0.390 e. The van der Waals surface area contributed by atoms with Crippen LogP contribution in [0.5, 0.6) is 0 Å². The van der Waals surface area contributed by atoms with Crippen LogP contribution >= 0.6 is 0 Å². The van der Waals surface area contributed by atoms with E-state index in [1.807, 2.05) is 0 Å². The lowest BCUT2D eigenvalue weighted by atomic mass is 10.1. The molecule has 46 valence electrons. The van der Waals surface area contributed by atoms with Crippen molar-refractivity contribution in [1.82, 2.24) is 5.32 Å². The van der Waals surface area contributed by atoms with Gasteiger partial charge in [-0.1, -0.05) is 6.92 Å². The maximum absolute atomic E-state index is 10.5. The molecule has 1 aliphatic rings. The molecule has 1 saturated heterocycles. The number of hydrogen-bond donors (Lipinski definition) is 2. The van der Waals surface area contributed by atoms with Crippen LogP contribution in [0.2, 0.25) is 0 Å². The molecule has 0 aromatic rings. The molecule has 0 aliphatic carbocycles. The van der Waals surface area contributed by atoms with Crippen molar-refractivity contribution in [3.8, 4) is 0 Å². The molecule has 2 atom stereocenters. The lowest BCUT2D eigenvalue weighted by molar-refractivity contribution is -0.123. The summed E-state index contributed by atoms with van der Waals surface area (Å²) < 4.78 is 0. The molecule has 0 bridgehead atoms. The molecule has 0 radical (unpaired) electrons. The number of rotatable bonds is 0. The maximum Gasteiger partial charge on any atom is 0.225 e. The Morgan fingerprint density at radius 3 is 2.62 bits per heavy atom. The van der Waals surface area contributed by atoms with Gasteiger partial charge in [-0.15, -0.1) is 0 Å². The molecule has 1 heterocycles. The Hall–Kier alpha value is -0.570. The van der Waals surface area contributed by atoms with Crippen molar-refractivity contribution in [2.24, 2.45) is 5.92 Å². The predicted molar refractivity (Wildman–Crippen MR) is 28.2 cm³/mol. The lowest BCUT2D eigenvalue weighted by Gasteiger charge is -2.00. The van der Waals surface area contributed by atoms with Crippen LogP contribution in [0.1, 0.15) is 6.92 Å². The van der Waals surface area contributed by atoms with Crippen LogP contribution in [-0.4, -0.2) is 23.7 Å². The Morgan fingerprint density at radius 1 is 1.88 bits per heavy atom. The van der Waals surface area contributed by atoms with Crippen LogP contribution in [0.3, 0.4) is 0 Å². The molecular formula is C5H9NO2. The Labute approximate surface area is 47.7 Å². The Morgan fingerprint density at radius 2 is 2.50 bits per heavy atom. The zero-order valence-electron chi connectivity index (χ0n) is 4.72. The third-order valence-electron chi connectivity index (χ3n) is 1.48. The highest BCUT2D eigenvalue weighted by atomic mass is 16.3. The maximum atomic E-state index is 10.5. The van der Waals surface area contributed by atoms with Gasteiger partial charge < -0.3 is 10.4 Å². The molecule has 1 fully saturated rings. The van der Waals surface area contributed by atoms with Crippen molar-refractivity contribution in [2.75, 3.05) is 6.54 Å². The van der Waals surface area contributed by atoms with Gasteiger partial charge in [-0.2, -0.15) is 0 Å². The van der Waals surface area contributed by atoms with Crippen molar-refractivity contribution in [1.29, 1.82) is 0 Å². The predicted octanol–water partition coefficient (Wildman–Crippen LogP) is -0.887. The third kappa shape index (κ3) is 0.690. The van der Waals surface area contributed by atoms with Gasteiger partial charge in [-0.25, -0.2) is 0 Å². The van der Waals surface area contributed by atoms with E-state index in [0.717, 1.165) is 0 Å². The number of hydrogen-bond acceptors (Lipinski definition) is 2. The fourth-order valence-corrected chi connectivity index (χ4v) is 0.718. The highest BCUT2D eigenvalue weighted by Gasteiger charge is 2.28. The van der Waals surface area contributed by atoms with Gasteiger partial charge in [0.2, 0.25) is 5.91 Å². The molecule has 1 aliphatic heterocycles. The first-order chi connectivity index (χ1) is 3.72. The van der Waals surface area contributed by atoms with Crippen LogP contribution < -0.4 is 5.32 Å². The second kappa shape index (κ2) is 1.74. The van der Waals surface area contributed by atoms with Crippen LogP contribution in [0.15, 0.2) is 0 Å². The van der Waals surface area contributed by atoms with Crippen molar-refractivity contribution in [3.05, 3.63) is 0 Å². The molecule has 1 amide bonds. The fraction of sp³-hybridized carbons (Fsp3) is 0.800. The standard InChI is InChI=1S/C5H9NO2/c1-3-4(7)2-6-5(3)8/h3-4,7H,2H2,1H3,(H,6,8)/t3-,4+/m0/s1. The lowest BCUT2D eigenvalue weighted by Crippen LogP contribution is -2.17. The Bertz CT molecular complexity index is 113. The largest absolute Gasteiger partial charge is 0.390 e. The zero-order valence-corrected chi connectivity index (χ0v) is 4.72. The average Bonchev–Trinajstić information content (AvgIpc) is 1.98. The summed E-state index contributed by atoms with van der Waals surface area (Å²) in [5.41, 5.74) is 0. The van der Waals surface area contributed by atoms with E-state index in [2.05, 4.69) is 5.32 Å². The van der Waals surface area contributed by atoms with E-state index in [1.165, 1.54) is 0 Å². The van der Waals surface area contributed by atoms with Gasteiger partial charge in [0.05, 0.1) is 12.0 Å². The van der Waals surface area contributed by atoms with E-state index in [1.54, 1.807) is 6.92 Å². The zero-order chi connectivity index (χ0) is 6.15. The minimum atomic E-state index is -0.470. The van der Waals surface area contributed by atoms with E-state index in [4.69, 9.17) is 5.11 Å². The normalized spacial score (nSPS) is 37.5. The fourth-order valence-electron chi connectivity index (χ4n) is 0.718. The topological polar surface area (TPSA) is 49.3 Å². The van der Waals surface area contributed by atoms with Gasteiger partial charge >= 0.3 is 0 Å². The van der Waals surface area contributed by atoms with Gasteiger partial charge in [0.1, 0.15) is 0 Å². The highest BCUT2D eigenvalue weighted by molar-refractivity contribution is 5.81. The minimum absolute atomic E-state index is 0.0440. The summed E-state index contributed by atoms with van der Waals surface area (Å²) in [4.78, 5) is 10.5. The molecule has 0 aromatic heterocycles. The summed E-state index contributed by atoms with van der Waals surface area (Å²) in [6.45, 7) is 2.13. The van der Waals surface area contributed by atoms with Gasteiger partial charge in [0.25, 0.3) is 0 Å². The van der Waals surface area contributed by atoms with Gasteiger partial charge in [0.15, 0.2) is 0 Å². The molecule has 0 unspecified atom stereocenters. The first-order valence-corrected chi connectivity index (χ1v) is 2.67. The van der Waals surface area contributed by atoms with Crippen LogP contribution in [0.4, 0.5) is 0 Å². The Balaban J connectivity index is 2.56. The number of aliphatic hydroxyl groups is 1. The third-order valence-corrected chi connectivity index (χ3v) is 1.48. The van der Waals surface area contributed by atoms with Gasteiger partial charge in [-0.3, -0.25) is 4.79 Å². The smallest absolute Gasteiger partial charge is 0.225 e. The number of β-amino-alcohol motifs (C(OH)–C–C–N with tert-alkyl or cyclic N) is 1. The number of carbonyl (C=O) groups is 1. The second-order valence-corrected chi connectivity index (χ2v) is 2.10. The summed E-state index contributed by atoms with van der Waals surface area (Å²) in [5, 5.41) is 11.4. The summed E-state index contributed by atoms with van der Waals surface area (Å²) in [6.07, 6.45) is -0.470. The van der Waals surface area contributed by atoms with E-state index >= 15 is 0 Å². The Kier molecular flexibility index (Phi) is 1.21. The molecule has 2 N–H and O–H groups in total. The number of nitrogens with one attached hydrogen (secondary N) is 1. The van der Waals surface area contributed by atoms with E-state index in [0.29, 0.717) is 6.54 Å². The van der Waals surface area contributed by atoms with Crippen LogP contribution in [0, 0.1) is 5.92 Å². The number of amides is 1. The first-order valence-electron chi connectivity index (χ1n) is 2.67. The summed E-state index contributed by atoms with van der Waals surface area (Å²) in [7, 11) is 0. The van der Waals surface area contributed by atoms with Gasteiger partial charge in [0, 0.05) is 6.54 Å².